The monoisotopic (exact) mass is 325 g/mol. The van der Waals surface area contributed by atoms with E-state index in [-0.39, 0.29) is 6.61 Å². The molecular weight excluding hydrogens is 302 g/mol. The molecule has 24 heavy (non-hydrogen) atoms. The van der Waals surface area contributed by atoms with Gasteiger partial charge in [-0.05, 0) is 61.7 Å². The first-order chi connectivity index (χ1) is 11.5. The molecule has 5 heteroatoms. The Kier molecular flexibility index (Phi) is 4.44. The number of benzene rings is 2. The number of imidazole rings is 1. The number of nitrogen functional groups attached to an aromatic ring is 1. The first kappa shape index (κ1) is 16.3. The highest BCUT2D eigenvalue weighted by Crippen LogP contribution is 2.31. The number of aryl methyl sites for hydroxylation is 3. The van der Waals surface area contributed by atoms with E-state index in [1.165, 1.54) is 11.1 Å². The van der Waals surface area contributed by atoms with Gasteiger partial charge < -0.3 is 20.1 Å². The average Bonchev–Trinajstić information content (AvgIpc) is 2.90. The van der Waals surface area contributed by atoms with Crippen molar-refractivity contribution < 1.29 is 9.84 Å². The molecule has 0 saturated heterocycles. The maximum atomic E-state index is 9.24. The van der Waals surface area contributed by atoms with Gasteiger partial charge in [-0.25, -0.2) is 4.98 Å². The average molecular weight is 325 g/mol. The van der Waals surface area contributed by atoms with E-state index < -0.39 is 0 Å². The minimum Gasteiger partial charge on any atom is -0.495 e. The number of hydrogen-bond acceptors (Lipinski definition) is 4. The van der Waals surface area contributed by atoms with Crippen LogP contribution in [0.3, 0.4) is 0 Å². The first-order valence-corrected chi connectivity index (χ1v) is 8.07. The number of nitrogens with zero attached hydrogens (tertiary/aromatic N) is 2. The van der Waals surface area contributed by atoms with Gasteiger partial charge in [0.15, 0.2) is 0 Å². The summed E-state index contributed by atoms with van der Waals surface area (Å²) in [5, 5.41) is 9.24. The molecule has 0 spiro atoms. The second kappa shape index (κ2) is 6.53. The molecule has 0 unspecified atom stereocenters. The molecule has 5 nitrogen and oxygen atoms in total. The second-order valence-electron chi connectivity index (χ2n) is 6.05. The van der Waals surface area contributed by atoms with E-state index in [0.29, 0.717) is 24.4 Å². The number of nitrogens with two attached hydrogens (primary N) is 1. The summed E-state index contributed by atoms with van der Waals surface area (Å²) >= 11 is 0. The number of aliphatic hydroxyl groups is 1. The van der Waals surface area contributed by atoms with Gasteiger partial charge in [0.05, 0.1) is 23.8 Å². The third-order valence-electron chi connectivity index (χ3n) is 4.39. The zero-order valence-corrected chi connectivity index (χ0v) is 14.3. The number of methoxy groups -OCH3 is 1. The van der Waals surface area contributed by atoms with E-state index in [4.69, 9.17) is 15.5 Å². The lowest BCUT2D eigenvalue weighted by atomic mass is 10.1. The number of ether oxygens (including phenoxy) is 1. The fourth-order valence-corrected chi connectivity index (χ4v) is 2.93. The summed E-state index contributed by atoms with van der Waals surface area (Å²) in [5.41, 5.74) is 12.1. The third kappa shape index (κ3) is 2.83. The summed E-state index contributed by atoms with van der Waals surface area (Å²) in [6, 6.07) is 9.97. The van der Waals surface area contributed by atoms with Crippen LogP contribution in [0.1, 0.15) is 17.5 Å². The number of hydrogen-bond donors (Lipinski definition) is 2. The summed E-state index contributed by atoms with van der Waals surface area (Å²) in [6.45, 7) is 5.04. The molecule has 126 valence electrons. The zero-order chi connectivity index (χ0) is 17.3. The Morgan fingerprint density at radius 1 is 1.17 bits per heavy atom. The quantitative estimate of drug-likeness (QED) is 0.706. The standard InChI is InChI=1S/C19H23N3O2/c1-12-9-16-17(10-13(12)2)22(7-4-8-23)19(21-16)14-5-6-18(24-3)15(20)11-14/h5-6,9-11,23H,4,7-8,20H2,1-3H3. The zero-order valence-electron chi connectivity index (χ0n) is 14.3. The third-order valence-corrected chi connectivity index (χ3v) is 4.39. The van der Waals surface area contributed by atoms with Crippen molar-refractivity contribution in [1.82, 2.24) is 9.55 Å². The van der Waals surface area contributed by atoms with E-state index in [1.807, 2.05) is 18.2 Å². The van der Waals surface area contributed by atoms with Crippen LogP contribution >= 0.6 is 0 Å². The van der Waals surface area contributed by atoms with Gasteiger partial charge in [-0.3, -0.25) is 0 Å². The fraction of sp³-hybridized carbons (Fsp3) is 0.316. The Morgan fingerprint density at radius 2 is 1.92 bits per heavy atom. The lowest BCUT2D eigenvalue weighted by molar-refractivity contribution is 0.281. The van der Waals surface area contributed by atoms with Gasteiger partial charge in [0.2, 0.25) is 0 Å². The summed E-state index contributed by atoms with van der Waals surface area (Å²) in [7, 11) is 1.60. The van der Waals surface area contributed by atoms with Crippen molar-refractivity contribution in [2.24, 2.45) is 0 Å². The van der Waals surface area contributed by atoms with Crippen molar-refractivity contribution >= 4 is 16.7 Å². The topological polar surface area (TPSA) is 73.3 Å². The molecule has 0 atom stereocenters. The van der Waals surface area contributed by atoms with Crippen LogP contribution in [0.15, 0.2) is 30.3 Å². The van der Waals surface area contributed by atoms with Gasteiger partial charge in [-0.1, -0.05) is 0 Å². The van der Waals surface area contributed by atoms with Crippen LogP contribution in [-0.2, 0) is 6.54 Å². The predicted octanol–water partition coefficient (Wildman–Crippen LogP) is 3.29. The number of aromatic nitrogens is 2. The molecule has 0 saturated carbocycles. The Bertz CT molecular complexity index is 884. The highest BCUT2D eigenvalue weighted by Gasteiger charge is 2.14. The van der Waals surface area contributed by atoms with Gasteiger partial charge in [-0.15, -0.1) is 0 Å². The fourth-order valence-electron chi connectivity index (χ4n) is 2.93. The molecule has 3 N–H and O–H groups in total. The molecule has 1 heterocycles. The highest BCUT2D eigenvalue weighted by molar-refractivity contribution is 5.83. The van der Waals surface area contributed by atoms with Gasteiger partial charge >= 0.3 is 0 Å². The molecule has 0 fully saturated rings. The van der Waals surface area contributed by atoms with Crippen molar-refractivity contribution in [1.29, 1.82) is 0 Å². The van der Waals surface area contributed by atoms with E-state index in [1.54, 1.807) is 7.11 Å². The molecule has 0 bridgehead atoms. The van der Waals surface area contributed by atoms with Crippen LogP contribution in [0.4, 0.5) is 5.69 Å². The van der Waals surface area contributed by atoms with Crippen LogP contribution in [0.5, 0.6) is 5.75 Å². The van der Waals surface area contributed by atoms with Crippen molar-refractivity contribution in [3.63, 3.8) is 0 Å². The van der Waals surface area contributed by atoms with E-state index in [2.05, 4.69) is 30.5 Å². The maximum Gasteiger partial charge on any atom is 0.141 e. The van der Waals surface area contributed by atoms with Gasteiger partial charge in [-0.2, -0.15) is 0 Å². The molecule has 3 rings (SSSR count). The normalized spacial score (nSPS) is 11.2. The molecular formula is C19H23N3O2. The summed E-state index contributed by atoms with van der Waals surface area (Å²) in [4.78, 5) is 4.82. The van der Waals surface area contributed by atoms with Gasteiger partial charge in [0.25, 0.3) is 0 Å². The lowest BCUT2D eigenvalue weighted by Gasteiger charge is -2.11. The minimum absolute atomic E-state index is 0.148. The molecule has 0 aliphatic rings. The Hall–Kier alpha value is -2.53. The van der Waals surface area contributed by atoms with E-state index >= 15 is 0 Å². The highest BCUT2D eigenvalue weighted by atomic mass is 16.5. The molecule has 1 aromatic heterocycles. The Balaban J connectivity index is 2.20. The molecule has 0 aliphatic carbocycles. The SMILES string of the molecule is COc1ccc(-c2nc3cc(C)c(C)cc3n2CCCO)cc1N. The lowest BCUT2D eigenvalue weighted by Crippen LogP contribution is -2.03. The molecule has 2 aromatic carbocycles. The number of rotatable bonds is 5. The van der Waals surface area contributed by atoms with Crippen LogP contribution in [-0.4, -0.2) is 28.4 Å². The Labute approximate surface area is 141 Å². The number of fused-ring (bicyclic) bond motifs is 1. The van der Waals surface area contributed by atoms with Crippen molar-refractivity contribution in [2.45, 2.75) is 26.8 Å². The molecule has 0 amide bonds. The molecule has 0 aliphatic heterocycles. The molecule has 3 aromatic rings. The van der Waals surface area contributed by atoms with Crippen molar-refractivity contribution in [3.8, 4) is 17.1 Å². The van der Waals surface area contributed by atoms with E-state index in [0.717, 1.165) is 22.4 Å². The van der Waals surface area contributed by atoms with Gasteiger partial charge in [0.1, 0.15) is 11.6 Å². The van der Waals surface area contributed by atoms with Crippen molar-refractivity contribution in [3.05, 3.63) is 41.5 Å². The maximum absolute atomic E-state index is 9.24. The summed E-state index contributed by atoms with van der Waals surface area (Å²) in [5.74, 6) is 1.52. The largest absolute Gasteiger partial charge is 0.495 e. The van der Waals surface area contributed by atoms with Crippen LogP contribution in [0, 0.1) is 13.8 Å². The second-order valence-corrected chi connectivity index (χ2v) is 6.05. The smallest absolute Gasteiger partial charge is 0.141 e. The van der Waals surface area contributed by atoms with Crippen LogP contribution in [0.25, 0.3) is 22.4 Å². The van der Waals surface area contributed by atoms with E-state index in [9.17, 15) is 5.11 Å². The number of anilines is 1. The number of aliphatic hydroxyl groups excluding tert-OH is 1. The minimum atomic E-state index is 0.148. The Morgan fingerprint density at radius 3 is 2.58 bits per heavy atom. The van der Waals surface area contributed by atoms with Crippen LogP contribution < -0.4 is 10.5 Å². The first-order valence-electron chi connectivity index (χ1n) is 8.07. The molecule has 0 radical (unpaired) electrons. The van der Waals surface area contributed by atoms with Crippen molar-refractivity contribution in [2.75, 3.05) is 19.5 Å². The van der Waals surface area contributed by atoms with Crippen LogP contribution in [0.2, 0.25) is 0 Å². The summed E-state index contributed by atoms with van der Waals surface area (Å²) in [6.07, 6.45) is 0.678. The predicted molar refractivity (Wildman–Crippen MR) is 97.3 cm³/mol. The summed E-state index contributed by atoms with van der Waals surface area (Å²) < 4.78 is 7.39. The van der Waals surface area contributed by atoms with Gasteiger partial charge in [0, 0.05) is 18.7 Å².